The summed E-state index contributed by atoms with van der Waals surface area (Å²) in [5.41, 5.74) is 13.3. The molecule has 0 spiro atoms. The summed E-state index contributed by atoms with van der Waals surface area (Å²) in [7, 11) is 0. The summed E-state index contributed by atoms with van der Waals surface area (Å²) in [4.78, 5) is 39.9. The second-order valence-corrected chi connectivity index (χ2v) is 7.86. The number of halogens is 2. The van der Waals surface area contributed by atoms with E-state index in [2.05, 4.69) is 4.99 Å². The van der Waals surface area contributed by atoms with E-state index in [0.29, 0.717) is 27.9 Å². The molecule has 0 aliphatic heterocycles. The predicted molar refractivity (Wildman–Crippen MR) is 136 cm³/mol. The van der Waals surface area contributed by atoms with Crippen LogP contribution in [0.3, 0.4) is 0 Å². The van der Waals surface area contributed by atoms with Gasteiger partial charge in [0.05, 0.1) is 17.7 Å². The highest BCUT2D eigenvalue weighted by atomic mass is 35.5. The molecular formula is C25H23Cl2N3O5. The fourth-order valence-corrected chi connectivity index (χ4v) is 3.51. The zero-order chi connectivity index (χ0) is 24.7. The van der Waals surface area contributed by atoms with E-state index in [1.54, 1.807) is 48.5 Å². The zero-order valence-corrected chi connectivity index (χ0v) is 20.0. The number of carboxylic acids is 1. The maximum atomic E-state index is 12.6. The Balaban J connectivity index is 0.00000432. The molecule has 10 heteroatoms. The molecule has 0 aliphatic carbocycles. The molecule has 0 saturated heterocycles. The number of nitrogens with zero attached hydrogens (tertiary/aromatic N) is 1. The number of Topliss-reactive ketones (excluding diaryl/α,β-unsaturated/α-hetero) is 1. The maximum absolute atomic E-state index is 12.6. The van der Waals surface area contributed by atoms with Gasteiger partial charge in [-0.1, -0.05) is 41.9 Å². The standard InChI is InChI=1S/C25H22ClN3O5.ClH/c26-22-14-21(34-24(33)15-5-8-19(9-6-15)29-25(27)28)10-7-18(22)12-20(30)11-16-3-1-2-4-17(16)13-23(31)32;/h1-10,14H,11-13H2,(H,31,32)(H4,27,28,29);1H. The van der Waals surface area contributed by atoms with Crippen molar-refractivity contribution in [2.24, 2.45) is 16.5 Å². The van der Waals surface area contributed by atoms with E-state index < -0.39 is 11.9 Å². The summed E-state index contributed by atoms with van der Waals surface area (Å²) in [5.74, 6) is -1.53. The number of esters is 1. The Morgan fingerprint density at radius 2 is 1.46 bits per heavy atom. The van der Waals surface area contributed by atoms with Gasteiger partial charge in [0, 0.05) is 17.9 Å². The van der Waals surface area contributed by atoms with Gasteiger partial charge in [0.15, 0.2) is 5.96 Å². The van der Waals surface area contributed by atoms with E-state index in [-0.39, 0.29) is 54.2 Å². The van der Waals surface area contributed by atoms with Crippen LogP contribution in [0, 0.1) is 0 Å². The van der Waals surface area contributed by atoms with Crippen LogP contribution in [0.1, 0.15) is 27.0 Å². The van der Waals surface area contributed by atoms with Crippen LogP contribution in [-0.2, 0) is 28.9 Å². The molecule has 182 valence electrons. The van der Waals surface area contributed by atoms with Crippen LogP contribution in [0.5, 0.6) is 5.75 Å². The Kier molecular flexibility index (Phi) is 9.81. The number of aliphatic carboxylic acids is 1. The largest absolute Gasteiger partial charge is 0.481 e. The molecule has 3 rings (SSSR count). The summed E-state index contributed by atoms with van der Waals surface area (Å²) >= 11 is 6.32. The van der Waals surface area contributed by atoms with Crippen LogP contribution in [-0.4, -0.2) is 28.8 Å². The van der Waals surface area contributed by atoms with Gasteiger partial charge in [-0.05, 0) is 53.1 Å². The third-order valence-corrected chi connectivity index (χ3v) is 5.18. The van der Waals surface area contributed by atoms with E-state index in [0.717, 1.165) is 0 Å². The highest BCUT2D eigenvalue weighted by Gasteiger charge is 2.14. The van der Waals surface area contributed by atoms with Crippen molar-refractivity contribution >= 4 is 53.4 Å². The van der Waals surface area contributed by atoms with Crippen LogP contribution < -0.4 is 16.2 Å². The highest BCUT2D eigenvalue weighted by molar-refractivity contribution is 6.31. The first kappa shape index (κ1) is 27.4. The summed E-state index contributed by atoms with van der Waals surface area (Å²) < 4.78 is 5.36. The third kappa shape index (κ3) is 8.13. The Labute approximate surface area is 213 Å². The number of benzene rings is 3. The smallest absolute Gasteiger partial charge is 0.343 e. The molecular weight excluding hydrogens is 493 g/mol. The number of carboxylic acid groups (broad SMARTS) is 1. The summed E-state index contributed by atoms with van der Waals surface area (Å²) in [5, 5.41) is 9.33. The van der Waals surface area contributed by atoms with Crippen LogP contribution in [0.25, 0.3) is 0 Å². The number of ether oxygens (including phenoxy) is 1. The van der Waals surface area contributed by atoms with Crippen molar-refractivity contribution in [2.75, 3.05) is 0 Å². The number of nitrogens with two attached hydrogens (primary N) is 2. The number of ketones is 1. The van der Waals surface area contributed by atoms with Crippen molar-refractivity contribution in [3.05, 3.63) is 94.0 Å². The molecule has 0 fully saturated rings. The predicted octanol–water partition coefficient (Wildman–Crippen LogP) is 3.87. The molecule has 0 unspecified atom stereocenters. The van der Waals surface area contributed by atoms with Gasteiger partial charge in [-0.2, -0.15) is 0 Å². The first-order valence-corrected chi connectivity index (χ1v) is 10.6. The molecule has 0 bridgehead atoms. The fraction of sp³-hybridized carbons (Fsp3) is 0.120. The van der Waals surface area contributed by atoms with Crippen molar-refractivity contribution < 1.29 is 24.2 Å². The number of rotatable bonds is 9. The SMILES string of the molecule is Cl.NC(N)=Nc1ccc(C(=O)Oc2ccc(CC(=O)Cc3ccccc3CC(=O)O)c(Cl)c2)cc1. The van der Waals surface area contributed by atoms with E-state index in [9.17, 15) is 14.4 Å². The zero-order valence-electron chi connectivity index (χ0n) is 18.4. The molecule has 3 aromatic carbocycles. The highest BCUT2D eigenvalue weighted by Crippen LogP contribution is 2.25. The van der Waals surface area contributed by atoms with Crippen molar-refractivity contribution in [1.82, 2.24) is 0 Å². The molecule has 5 N–H and O–H groups in total. The number of hydrogen-bond donors (Lipinski definition) is 3. The van der Waals surface area contributed by atoms with Crippen LogP contribution in [0.4, 0.5) is 5.69 Å². The second kappa shape index (κ2) is 12.5. The van der Waals surface area contributed by atoms with Gasteiger partial charge in [0.2, 0.25) is 0 Å². The van der Waals surface area contributed by atoms with Crippen molar-refractivity contribution in [3.8, 4) is 5.75 Å². The lowest BCUT2D eigenvalue weighted by atomic mass is 9.97. The number of guanidine groups is 1. The quantitative estimate of drug-likeness (QED) is 0.169. The van der Waals surface area contributed by atoms with E-state index in [4.69, 9.17) is 32.9 Å². The van der Waals surface area contributed by atoms with E-state index >= 15 is 0 Å². The minimum Gasteiger partial charge on any atom is -0.481 e. The van der Waals surface area contributed by atoms with Gasteiger partial charge in [0.1, 0.15) is 11.5 Å². The summed E-state index contributed by atoms with van der Waals surface area (Å²) in [6.07, 6.45) is -0.00558. The fourth-order valence-electron chi connectivity index (χ4n) is 3.27. The Bertz CT molecular complexity index is 1260. The average Bonchev–Trinajstić information content (AvgIpc) is 2.77. The topological polar surface area (TPSA) is 145 Å². The van der Waals surface area contributed by atoms with Gasteiger partial charge in [0.25, 0.3) is 0 Å². The minimum absolute atomic E-state index is 0. The van der Waals surface area contributed by atoms with E-state index in [1.165, 1.54) is 18.2 Å². The second-order valence-electron chi connectivity index (χ2n) is 7.46. The summed E-state index contributed by atoms with van der Waals surface area (Å²) in [6, 6.07) is 17.8. The summed E-state index contributed by atoms with van der Waals surface area (Å²) in [6.45, 7) is 0. The van der Waals surface area contributed by atoms with Gasteiger partial charge in [-0.15, -0.1) is 12.4 Å². The molecule has 0 atom stereocenters. The lowest BCUT2D eigenvalue weighted by Gasteiger charge is -2.10. The Morgan fingerprint density at radius 1 is 0.857 bits per heavy atom. The number of carbonyl (C=O) groups is 3. The van der Waals surface area contributed by atoms with Crippen LogP contribution in [0.15, 0.2) is 71.7 Å². The molecule has 0 amide bonds. The molecule has 0 saturated carbocycles. The first-order valence-electron chi connectivity index (χ1n) is 10.2. The lowest BCUT2D eigenvalue weighted by Crippen LogP contribution is -2.21. The molecule has 3 aromatic rings. The number of hydrogen-bond acceptors (Lipinski definition) is 5. The Hall–Kier alpha value is -3.88. The van der Waals surface area contributed by atoms with Crippen LogP contribution >= 0.6 is 24.0 Å². The van der Waals surface area contributed by atoms with Crippen molar-refractivity contribution in [1.29, 1.82) is 0 Å². The third-order valence-electron chi connectivity index (χ3n) is 4.83. The minimum atomic E-state index is -0.960. The maximum Gasteiger partial charge on any atom is 0.343 e. The van der Waals surface area contributed by atoms with Crippen LogP contribution in [0.2, 0.25) is 5.02 Å². The van der Waals surface area contributed by atoms with Crippen molar-refractivity contribution in [2.45, 2.75) is 19.3 Å². The molecule has 0 aromatic heterocycles. The molecule has 35 heavy (non-hydrogen) atoms. The van der Waals surface area contributed by atoms with Crippen molar-refractivity contribution in [3.63, 3.8) is 0 Å². The van der Waals surface area contributed by atoms with Gasteiger partial charge < -0.3 is 21.3 Å². The molecule has 0 heterocycles. The normalized spacial score (nSPS) is 10.1. The number of aliphatic imine (C=N–C) groups is 1. The molecule has 8 nitrogen and oxygen atoms in total. The van der Waals surface area contributed by atoms with Gasteiger partial charge in [-0.25, -0.2) is 9.79 Å². The van der Waals surface area contributed by atoms with Gasteiger partial charge in [-0.3, -0.25) is 9.59 Å². The molecule has 0 aliphatic rings. The Morgan fingerprint density at radius 3 is 2.03 bits per heavy atom. The monoisotopic (exact) mass is 515 g/mol. The first-order chi connectivity index (χ1) is 16.2. The average molecular weight is 516 g/mol. The lowest BCUT2D eigenvalue weighted by molar-refractivity contribution is -0.136. The van der Waals surface area contributed by atoms with Gasteiger partial charge >= 0.3 is 11.9 Å². The number of carbonyl (C=O) groups excluding carboxylic acids is 2. The molecule has 0 radical (unpaired) electrons. The van der Waals surface area contributed by atoms with E-state index in [1.807, 2.05) is 0 Å².